The number of fused-ring (bicyclic) bond motifs is 1. The summed E-state index contributed by atoms with van der Waals surface area (Å²) >= 11 is 0. The second-order valence-corrected chi connectivity index (χ2v) is 4.77. The van der Waals surface area contributed by atoms with E-state index in [0.717, 1.165) is 18.8 Å². The molecule has 0 fully saturated rings. The summed E-state index contributed by atoms with van der Waals surface area (Å²) in [5.74, 6) is 0.990. The fourth-order valence-corrected chi connectivity index (χ4v) is 2.15. The number of ether oxygens (including phenoxy) is 1. The van der Waals surface area contributed by atoms with Gasteiger partial charge in [-0.05, 0) is 29.3 Å². The lowest BCUT2D eigenvalue weighted by molar-refractivity contribution is 0.305. The van der Waals surface area contributed by atoms with E-state index in [1.807, 2.05) is 0 Å². The van der Waals surface area contributed by atoms with E-state index in [-0.39, 0.29) is 0 Å². The van der Waals surface area contributed by atoms with Crippen molar-refractivity contribution in [3.05, 3.63) is 42.5 Å². The standard InChI is InChI=1S/C17H22O/c1-2-3-4-5-8-13-18-17-12-11-15-9-6-7-10-16(15)14-17/h6-7,9-12,14H,2-5,8,13H2,1H3. The Morgan fingerprint density at radius 3 is 2.44 bits per heavy atom. The van der Waals surface area contributed by atoms with Crippen molar-refractivity contribution in [2.24, 2.45) is 0 Å². The quantitative estimate of drug-likeness (QED) is 0.607. The summed E-state index contributed by atoms with van der Waals surface area (Å²) in [5, 5.41) is 2.52. The Bertz CT molecular complexity index is 476. The second-order valence-electron chi connectivity index (χ2n) is 4.77. The second kappa shape index (κ2) is 7.05. The molecule has 96 valence electrons. The highest BCUT2D eigenvalue weighted by atomic mass is 16.5. The molecule has 2 aromatic carbocycles. The molecule has 0 atom stereocenters. The van der Waals surface area contributed by atoms with Crippen LogP contribution in [0.2, 0.25) is 0 Å². The summed E-state index contributed by atoms with van der Waals surface area (Å²) in [7, 11) is 0. The molecule has 0 spiro atoms. The van der Waals surface area contributed by atoms with Gasteiger partial charge in [-0.2, -0.15) is 0 Å². The Labute approximate surface area is 110 Å². The molecule has 0 unspecified atom stereocenters. The zero-order valence-electron chi connectivity index (χ0n) is 11.2. The zero-order chi connectivity index (χ0) is 12.6. The van der Waals surface area contributed by atoms with Crippen LogP contribution in [0.1, 0.15) is 39.0 Å². The average molecular weight is 242 g/mol. The topological polar surface area (TPSA) is 9.23 Å². The molecular weight excluding hydrogens is 220 g/mol. The number of benzene rings is 2. The Morgan fingerprint density at radius 2 is 1.61 bits per heavy atom. The monoisotopic (exact) mass is 242 g/mol. The van der Waals surface area contributed by atoms with Gasteiger partial charge in [0.05, 0.1) is 6.61 Å². The lowest BCUT2D eigenvalue weighted by Gasteiger charge is -2.07. The highest BCUT2D eigenvalue weighted by Crippen LogP contribution is 2.20. The van der Waals surface area contributed by atoms with Crippen LogP contribution in [-0.2, 0) is 0 Å². The molecule has 0 aliphatic heterocycles. The molecule has 0 amide bonds. The molecule has 0 saturated heterocycles. The predicted molar refractivity (Wildman–Crippen MR) is 78.2 cm³/mol. The van der Waals surface area contributed by atoms with Crippen LogP contribution in [-0.4, -0.2) is 6.61 Å². The number of unbranched alkanes of at least 4 members (excludes halogenated alkanes) is 4. The van der Waals surface area contributed by atoms with Gasteiger partial charge < -0.3 is 4.74 Å². The van der Waals surface area contributed by atoms with E-state index in [2.05, 4.69) is 49.4 Å². The average Bonchev–Trinajstić information content (AvgIpc) is 2.42. The Kier molecular flexibility index (Phi) is 5.07. The van der Waals surface area contributed by atoms with Crippen LogP contribution in [0.4, 0.5) is 0 Å². The highest BCUT2D eigenvalue weighted by molar-refractivity contribution is 5.83. The van der Waals surface area contributed by atoms with E-state index in [0.29, 0.717) is 0 Å². The van der Waals surface area contributed by atoms with Gasteiger partial charge in [-0.15, -0.1) is 0 Å². The van der Waals surface area contributed by atoms with Gasteiger partial charge in [0.25, 0.3) is 0 Å². The van der Waals surface area contributed by atoms with Crippen molar-refractivity contribution >= 4 is 10.8 Å². The minimum Gasteiger partial charge on any atom is -0.494 e. The van der Waals surface area contributed by atoms with Crippen molar-refractivity contribution in [2.75, 3.05) is 6.61 Å². The van der Waals surface area contributed by atoms with Crippen LogP contribution in [0, 0.1) is 0 Å². The van der Waals surface area contributed by atoms with Crippen molar-refractivity contribution in [3.63, 3.8) is 0 Å². The van der Waals surface area contributed by atoms with E-state index in [4.69, 9.17) is 4.74 Å². The van der Waals surface area contributed by atoms with E-state index in [1.54, 1.807) is 0 Å². The molecule has 0 saturated carbocycles. The van der Waals surface area contributed by atoms with Gasteiger partial charge in [-0.25, -0.2) is 0 Å². The lowest BCUT2D eigenvalue weighted by atomic mass is 10.1. The lowest BCUT2D eigenvalue weighted by Crippen LogP contribution is -1.97. The first-order chi connectivity index (χ1) is 8.90. The maximum atomic E-state index is 5.79. The van der Waals surface area contributed by atoms with Gasteiger partial charge in [0.1, 0.15) is 5.75 Å². The fraction of sp³-hybridized carbons (Fsp3) is 0.412. The van der Waals surface area contributed by atoms with Crippen LogP contribution < -0.4 is 4.74 Å². The summed E-state index contributed by atoms with van der Waals surface area (Å²) in [6.45, 7) is 3.08. The summed E-state index contributed by atoms with van der Waals surface area (Å²) in [4.78, 5) is 0. The molecule has 0 aromatic heterocycles. The molecule has 0 bridgehead atoms. The highest BCUT2D eigenvalue weighted by Gasteiger charge is 1.97. The summed E-state index contributed by atoms with van der Waals surface area (Å²) in [5.41, 5.74) is 0. The van der Waals surface area contributed by atoms with E-state index in [9.17, 15) is 0 Å². The first-order valence-corrected chi connectivity index (χ1v) is 7.02. The van der Waals surface area contributed by atoms with Crippen LogP contribution >= 0.6 is 0 Å². The van der Waals surface area contributed by atoms with Crippen LogP contribution in [0.5, 0.6) is 5.75 Å². The zero-order valence-corrected chi connectivity index (χ0v) is 11.2. The van der Waals surface area contributed by atoms with E-state index < -0.39 is 0 Å². The van der Waals surface area contributed by atoms with Gasteiger partial charge in [-0.1, -0.05) is 62.9 Å². The number of hydrogen-bond donors (Lipinski definition) is 0. The predicted octanol–water partition coefficient (Wildman–Crippen LogP) is 5.19. The normalized spacial score (nSPS) is 10.7. The molecule has 0 aliphatic carbocycles. The Hall–Kier alpha value is -1.50. The van der Waals surface area contributed by atoms with Gasteiger partial charge in [0, 0.05) is 0 Å². The molecule has 2 rings (SSSR count). The van der Waals surface area contributed by atoms with Crippen molar-refractivity contribution < 1.29 is 4.74 Å². The van der Waals surface area contributed by atoms with Crippen LogP contribution in [0.3, 0.4) is 0 Å². The molecule has 2 aromatic rings. The van der Waals surface area contributed by atoms with Crippen LogP contribution in [0.25, 0.3) is 10.8 Å². The van der Waals surface area contributed by atoms with Crippen molar-refractivity contribution in [1.82, 2.24) is 0 Å². The Morgan fingerprint density at radius 1 is 0.833 bits per heavy atom. The van der Waals surface area contributed by atoms with Gasteiger partial charge in [-0.3, -0.25) is 0 Å². The molecule has 1 heteroatoms. The summed E-state index contributed by atoms with van der Waals surface area (Å²) in [6.07, 6.45) is 6.41. The third kappa shape index (κ3) is 3.76. The van der Waals surface area contributed by atoms with Crippen LogP contribution in [0.15, 0.2) is 42.5 Å². The third-order valence-electron chi connectivity index (χ3n) is 3.24. The minimum atomic E-state index is 0.835. The maximum absolute atomic E-state index is 5.79. The van der Waals surface area contributed by atoms with Crippen molar-refractivity contribution in [1.29, 1.82) is 0 Å². The minimum absolute atomic E-state index is 0.835. The smallest absolute Gasteiger partial charge is 0.119 e. The molecule has 0 heterocycles. The van der Waals surface area contributed by atoms with Gasteiger partial charge >= 0.3 is 0 Å². The molecule has 18 heavy (non-hydrogen) atoms. The first kappa shape index (κ1) is 12.9. The number of rotatable bonds is 7. The summed E-state index contributed by atoms with van der Waals surface area (Å²) < 4.78 is 5.79. The first-order valence-electron chi connectivity index (χ1n) is 7.02. The van der Waals surface area contributed by atoms with Crippen molar-refractivity contribution in [3.8, 4) is 5.75 Å². The Balaban J connectivity index is 1.81. The largest absolute Gasteiger partial charge is 0.494 e. The third-order valence-corrected chi connectivity index (χ3v) is 3.24. The SMILES string of the molecule is CCCCCCCOc1ccc2ccccc2c1. The summed E-state index contributed by atoms with van der Waals surface area (Å²) in [6, 6.07) is 14.7. The van der Waals surface area contributed by atoms with Gasteiger partial charge in [0.2, 0.25) is 0 Å². The molecular formula is C17H22O. The maximum Gasteiger partial charge on any atom is 0.119 e. The molecule has 0 N–H and O–H groups in total. The fourth-order valence-electron chi connectivity index (χ4n) is 2.15. The van der Waals surface area contributed by atoms with E-state index in [1.165, 1.54) is 36.5 Å². The molecule has 1 nitrogen and oxygen atoms in total. The van der Waals surface area contributed by atoms with Crippen molar-refractivity contribution in [2.45, 2.75) is 39.0 Å². The molecule has 0 aliphatic rings. The number of hydrogen-bond acceptors (Lipinski definition) is 1. The van der Waals surface area contributed by atoms with Gasteiger partial charge in [0.15, 0.2) is 0 Å². The molecule has 0 radical (unpaired) electrons. The van der Waals surface area contributed by atoms with E-state index >= 15 is 0 Å².